The molecule has 0 saturated heterocycles. The van der Waals surface area contributed by atoms with Crippen molar-refractivity contribution in [3.05, 3.63) is 101 Å². The van der Waals surface area contributed by atoms with Crippen LogP contribution < -0.4 is 5.56 Å². The molecule has 0 N–H and O–H groups in total. The third-order valence-corrected chi connectivity index (χ3v) is 4.91. The number of benzene rings is 1. The highest BCUT2D eigenvalue weighted by molar-refractivity contribution is 5.76. The summed E-state index contributed by atoms with van der Waals surface area (Å²) in [6, 6.07) is 9.27. The number of pyridine rings is 3. The maximum Gasteiger partial charge on any atom is 0.260 e. The Kier molecular flexibility index (Phi) is 4.13. The molecule has 0 fully saturated rings. The third kappa shape index (κ3) is 3.02. The van der Waals surface area contributed by atoms with E-state index < -0.39 is 17.5 Å². The molecule has 0 amide bonds. The molecule has 0 spiro atoms. The van der Waals surface area contributed by atoms with Crippen LogP contribution in [0.25, 0.3) is 27.7 Å². The van der Waals surface area contributed by atoms with Gasteiger partial charge in [-0.3, -0.25) is 14.2 Å². The molecule has 5 nitrogen and oxygen atoms in total. The summed E-state index contributed by atoms with van der Waals surface area (Å²) in [6.07, 6.45) is 6.23. The molecule has 8 heteroatoms. The van der Waals surface area contributed by atoms with Gasteiger partial charge in [0.05, 0.1) is 29.3 Å². The van der Waals surface area contributed by atoms with E-state index in [2.05, 4.69) is 9.97 Å². The first-order valence-corrected chi connectivity index (χ1v) is 9.06. The average molecular weight is 406 g/mol. The molecular weight excluding hydrogens is 393 g/mol. The summed E-state index contributed by atoms with van der Waals surface area (Å²) in [7, 11) is 0. The topological polar surface area (TPSA) is 52.2 Å². The van der Waals surface area contributed by atoms with Gasteiger partial charge in [0, 0.05) is 30.2 Å². The maximum atomic E-state index is 14.6. The molecule has 5 aromatic rings. The zero-order valence-corrected chi connectivity index (χ0v) is 15.4. The van der Waals surface area contributed by atoms with Crippen molar-refractivity contribution in [1.82, 2.24) is 18.9 Å². The minimum atomic E-state index is -0.757. The van der Waals surface area contributed by atoms with Gasteiger partial charge in [0.2, 0.25) is 0 Å². The molecule has 4 aromatic heterocycles. The van der Waals surface area contributed by atoms with Gasteiger partial charge < -0.3 is 4.57 Å². The highest BCUT2D eigenvalue weighted by Crippen LogP contribution is 2.25. The smallest absolute Gasteiger partial charge is 0.260 e. The van der Waals surface area contributed by atoms with Crippen molar-refractivity contribution in [2.24, 2.45) is 0 Å². The van der Waals surface area contributed by atoms with E-state index in [1.54, 1.807) is 36.8 Å². The van der Waals surface area contributed by atoms with Crippen LogP contribution in [0.4, 0.5) is 13.2 Å². The van der Waals surface area contributed by atoms with Gasteiger partial charge in [0.1, 0.15) is 11.6 Å². The van der Waals surface area contributed by atoms with E-state index in [0.717, 1.165) is 18.2 Å². The van der Waals surface area contributed by atoms with Gasteiger partial charge in [0.25, 0.3) is 5.56 Å². The first-order valence-electron chi connectivity index (χ1n) is 9.06. The molecule has 0 saturated carbocycles. The first-order chi connectivity index (χ1) is 14.5. The Hall–Kier alpha value is -3.94. The van der Waals surface area contributed by atoms with Crippen LogP contribution in [0.3, 0.4) is 0 Å². The zero-order chi connectivity index (χ0) is 20.8. The maximum absolute atomic E-state index is 14.6. The van der Waals surface area contributed by atoms with Crippen molar-refractivity contribution in [2.75, 3.05) is 0 Å². The number of hydrogen-bond donors (Lipinski definition) is 0. The van der Waals surface area contributed by atoms with E-state index in [9.17, 15) is 18.0 Å². The summed E-state index contributed by atoms with van der Waals surface area (Å²) in [4.78, 5) is 21.0. The SMILES string of the molecule is O=c1c2cccnc2ccn1Cc1cnc2c(F)cc(-c3cc(F)cc(F)c3)cn12. The van der Waals surface area contributed by atoms with Gasteiger partial charge in [-0.15, -0.1) is 0 Å². The minimum Gasteiger partial charge on any atom is -0.309 e. The Balaban J connectivity index is 1.63. The fourth-order valence-corrected chi connectivity index (χ4v) is 3.50. The van der Waals surface area contributed by atoms with Crippen LogP contribution in [0, 0.1) is 17.5 Å². The first kappa shape index (κ1) is 18.1. The van der Waals surface area contributed by atoms with Gasteiger partial charge >= 0.3 is 0 Å². The molecule has 0 aliphatic heterocycles. The highest BCUT2D eigenvalue weighted by atomic mass is 19.1. The van der Waals surface area contributed by atoms with Crippen LogP contribution >= 0.6 is 0 Å². The van der Waals surface area contributed by atoms with Gasteiger partial charge in [-0.1, -0.05) is 0 Å². The number of aromatic nitrogens is 4. The molecule has 30 heavy (non-hydrogen) atoms. The Bertz CT molecular complexity index is 1470. The fourth-order valence-electron chi connectivity index (χ4n) is 3.50. The number of fused-ring (bicyclic) bond motifs is 2. The van der Waals surface area contributed by atoms with Crippen LogP contribution in [-0.2, 0) is 6.54 Å². The number of nitrogens with zero attached hydrogens (tertiary/aromatic N) is 4. The number of halogens is 3. The molecule has 0 aliphatic carbocycles. The van der Waals surface area contributed by atoms with Gasteiger partial charge in [-0.05, 0) is 42.0 Å². The Morgan fingerprint density at radius 1 is 0.933 bits per heavy atom. The zero-order valence-electron chi connectivity index (χ0n) is 15.4. The van der Waals surface area contributed by atoms with Crippen LogP contribution in [0.15, 0.2) is 72.0 Å². The lowest BCUT2D eigenvalue weighted by Gasteiger charge is -2.09. The molecule has 0 radical (unpaired) electrons. The Morgan fingerprint density at radius 2 is 1.73 bits per heavy atom. The van der Waals surface area contributed by atoms with E-state index in [0.29, 0.717) is 16.6 Å². The van der Waals surface area contributed by atoms with E-state index in [1.807, 2.05) is 0 Å². The van der Waals surface area contributed by atoms with Crippen molar-refractivity contribution in [3.63, 3.8) is 0 Å². The predicted molar refractivity (Wildman–Crippen MR) is 106 cm³/mol. The molecule has 1 aromatic carbocycles. The summed E-state index contributed by atoms with van der Waals surface area (Å²) in [5.74, 6) is -2.15. The predicted octanol–water partition coefficient (Wildman–Crippen LogP) is 4.18. The number of imidazole rings is 1. The molecule has 4 heterocycles. The molecule has 0 unspecified atom stereocenters. The van der Waals surface area contributed by atoms with Crippen molar-refractivity contribution >= 4 is 16.6 Å². The lowest BCUT2D eigenvalue weighted by Crippen LogP contribution is -2.21. The quantitative estimate of drug-likeness (QED) is 0.452. The van der Waals surface area contributed by atoms with Crippen molar-refractivity contribution < 1.29 is 13.2 Å². The van der Waals surface area contributed by atoms with E-state index in [4.69, 9.17) is 0 Å². The van der Waals surface area contributed by atoms with E-state index in [-0.39, 0.29) is 28.9 Å². The summed E-state index contributed by atoms with van der Waals surface area (Å²) < 4.78 is 44.8. The second-order valence-corrected chi connectivity index (χ2v) is 6.86. The van der Waals surface area contributed by atoms with E-state index >= 15 is 0 Å². The van der Waals surface area contributed by atoms with Crippen LogP contribution in [0.2, 0.25) is 0 Å². The summed E-state index contributed by atoms with van der Waals surface area (Å²) >= 11 is 0. The number of rotatable bonds is 3. The van der Waals surface area contributed by atoms with Crippen LogP contribution in [-0.4, -0.2) is 18.9 Å². The number of hydrogen-bond acceptors (Lipinski definition) is 3. The third-order valence-electron chi connectivity index (χ3n) is 4.91. The standard InChI is InChI=1S/C22H13F3N4O/c23-15-6-13(7-16(24)9-15)14-8-19(25)21-27-10-17(29(21)11-14)12-28-5-3-20-18(22(28)30)2-1-4-26-20/h1-11H,12H2. The normalized spacial score (nSPS) is 11.4. The molecular formula is C22H13F3N4O. The lowest BCUT2D eigenvalue weighted by molar-refractivity contribution is 0.584. The second kappa shape index (κ2) is 6.84. The summed E-state index contributed by atoms with van der Waals surface area (Å²) in [6.45, 7) is 0.130. The molecule has 148 valence electrons. The van der Waals surface area contributed by atoms with Gasteiger partial charge in [-0.2, -0.15) is 0 Å². The largest absolute Gasteiger partial charge is 0.309 e. The fraction of sp³-hybridized carbons (Fsp3) is 0.0455. The van der Waals surface area contributed by atoms with Crippen molar-refractivity contribution in [2.45, 2.75) is 6.54 Å². The van der Waals surface area contributed by atoms with E-state index in [1.165, 1.54) is 21.2 Å². The van der Waals surface area contributed by atoms with Gasteiger partial charge in [-0.25, -0.2) is 18.2 Å². The van der Waals surface area contributed by atoms with Crippen LogP contribution in [0.1, 0.15) is 5.69 Å². The molecule has 0 aliphatic rings. The van der Waals surface area contributed by atoms with Crippen LogP contribution in [0.5, 0.6) is 0 Å². The molecule has 0 atom stereocenters. The Labute approximate surface area is 167 Å². The monoisotopic (exact) mass is 406 g/mol. The van der Waals surface area contributed by atoms with Gasteiger partial charge in [0.15, 0.2) is 11.5 Å². The molecule has 5 rings (SSSR count). The lowest BCUT2D eigenvalue weighted by atomic mass is 10.1. The van der Waals surface area contributed by atoms with Crippen molar-refractivity contribution in [1.29, 1.82) is 0 Å². The summed E-state index contributed by atoms with van der Waals surface area (Å²) in [5.41, 5.74) is 1.42. The minimum absolute atomic E-state index is 0.0566. The average Bonchev–Trinajstić information content (AvgIpc) is 3.13. The second-order valence-electron chi connectivity index (χ2n) is 6.86. The molecule has 0 bridgehead atoms. The Morgan fingerprint density at radius 3 is 2.53 bits per heavy atom. The van der Waals surface area contributed by atoms with Crippen molar-refractivity contribution in [3.8, 4) is 11.1 Å². The summed E-state index contributed by atoms with van der Waals surface area (Å²) in [5, 5.41) is 0.468. The highest BCUT2D eigenvalue weighted by Gasteiger charge is 2.13.